The van der Waals surface area contributed by atoms with Crippen molar-refractivity contribution in [2.45, 2.75) is 25.1 Å². The number of fused-ring (bicyclic) bond motifs is 2. The number of piperidine rings is 2. The van der Waals surface area contributed by atoms with Crippen molar-refractivity contribution in [3.05, 3.63) is 29.8 Å². The molecule has 3 saturated heterocycles. The first-order chi connectivity index (χ1) is 11.3. The number of nitrogens with zero attached hydrogens (tertiary/aromatic N) is 2. The lowest BCUT2D eigenvalue weighted by atomic mass is 9.66. The van der Waals surface area contributed by atoms with Gasteiger partial charge in [0.2, 0.25) is 11.8 Å². The second-order valence-electron chi connectivity index (χ2n) is 6.96. The maximum absolute atomic E-state index is 12.9. The number of halogens is 3. The average Bonchev–Trinajstić information content (AvgIpc) is 2.80. The molecule has 0 N–H and O–H groups in total. The molecule has 2 amide bonds. The number of amides is 2. The summed E-state index contributed by atoms with van der Waals surface area (Å²) in [6.45, 7) is 0.765. The Morgan fingerprint density at radius 1 is 1.08 bits per heavy atom. The Morgan fingerprint density at radius 2 is 1.79 bits per heavy atom. The van der Waals surface area contributed by atoms with Crippen LogP contribution >= 0.6 is 0 Å². The van der Waals surface area contributed by atoms with Gasteiger partial charge >= 0.3 is 6.18 Å². The third-order valence-corrected chi connectivity index (χ3v) is 5.67. The summed E-state index contributed by atoms with van der Waals surface area (Å²) in [5.41, 5.74) is -0.827. The molecule has 7 heteroatoms. The van der Waals surface area contributed by atoms with E-state index in [0.29, 0.717) is 0 Å². The van der Waals surface area contributed by atoms with Gasteiger partial charge < -0.3 is 4.90 Å². The summed E-state index contributed by atoms with van der Waals surface area (Å²) in [4.78, 5) is 28.7. The molecule has 2 bridgehead atoms. The Balaban J connectivity index is 1.73. The van der Waals surface area contributed by atoms with Crippen molar-refractivity contribution in [2.24, 2.45) is 17.8 Å². The fourth-order valence-corrected chi connectivity index (χ4v) is 4.64. The zero-order valence-corrected chi connectivity index (χ0v) is 13.1. The molecule has 1 aliphatic carbocycles. The molecule has 128 valence electrons. The highest BCUT2D eigenvalue weighted by molar-refractivity contribution is 6.22. The van der Waals surface area contributed by atoms with Crippen LogP contribution in [-0.4, -0.2) is 36.3 Å². The first-order valence-corrected chi connectivity index (χ1v) is 8.04. The second kappa shape index (κ2) is 5.05. The van der Waals surface area contributed by atoms with Gasteiger partial charge in [-0.05, 0) is 44.0 Å². The Bertz CT molecular complexity index is 718. The molecule has 4 atom stereocenters. The molecule has 4 fully saturated rings. The van der Waals surface area contributed by atoms with Gasteiger partial charge in [-0.1, -0.05) is 6.07 Å². The molecule has 3 aliphatic heterocycles. The van der Waals surface area contributed by atoms with Gasteiger partial charge in [0.15, 0.2) is 0 Å². The molecule has 1 aromatic carbocycles. The minimum atomic E-state index is -4.51. The number of imide groups is 1. The van der Waals surface area contributed by atoms with Gasteiger partial charge in [-0.2, -0.15) is 13.2 Å². The minimum absolute atomic E-state index is 0.00671. The molecule has 4 aliphatic rings. The van der Waals surface area contributed by atoms with Crippen molar-refractivity contribution in [2.75, 3.05) is 18.5 Å². The van der Waals surface area contributed by atoms with Gasteiger partial charge in [-0.3, -0.25) is 9.59 Å². The van der Waals surface area contributed by atoms with Crippen molar-refractivity contribution in [3.63, 3.8) is 0 Å². The van der Waals surface area contributed by atoms with Gasteiger partial charge in [-0.25, -0.2) is 4.90 Å². The molecule has 4 nitrogen and oxygen atoms in total. The first-order valence-electron chi connectivity index (χ1n) is 8.04. The SMILES string of the molecule is CN1C[C@@H]2CC[C@H]1[C@H]1C(=O)N(c3cccc(C(F)(F)F)c3)C(=O)[C@@H]21. The molecular weight excluding hydrogens is 321 g/mol. The maximum atomic E-state index is 12.9. The molecule has 24 heavy (non-hydrogen) atoms. The number of carbonyl (C=O) groups is 2. The molecule has 1 aromatic rings. The van der Waals surface area contributed by atoms with Gasteiger partial charge in [-0.15, -0.1) is 0 Å². The molecule has 3 heterocycles. The van der Waals surface area contributed by atoms with Crippen LogP contribution in [0.5, 0.6) is 0 Å². The molecule has 0 radical (unpaired) electrons. The number of benzene rings is 1. The van der Waals surface area contributed by atoms with Gasteiger partial charge in [0.25, 0.3) is 0 Å². The van der Waals surface area contributed by atoms with E-state index in [1.54, 1.807) is 0 Å². The minimum Gasteiger partial charge on any atom is -0.302 e. The lowest BCUT2D eigenvalue weighted by Crippen LogP contribution is -2.56. The zero-order valence-electron chi connectivity index (χ0n) is 13.1. The fraction of sp³-hybridized carbons (Fsp3) is 0.529. The van der Waals surface area contributed by atoms with E-state index in [9.17, 15) is 22.8 Å². The zero-order chi connectivity index (χ0) is 17.2. The van der Waals surface area contributed by atoms with Crippen molar-refractivity contribution in [3.8, 4) is 0 Å². The largest absolute Gasteiger partial charge is 0.416 e. The van der Waals surface area contributed by atoms with Crippen LogP contribution in [-0.2, 0) is 15.8 Å². The lowest BCUT2D eigenvalue weighted by Gasteiger charge is -2.48. The molecule has 1 saturated carbocycles. The Morgan fingerprint density at radius 3 is 2.46 bits per heavy atom. The van der Waals surface area contributed by atoms with Crippen LogP contribution in [0.2, 0.25) is 0 Å². The Labute approximate surface area is 137 Å². The summed E-state index contributed by atoms with van der Waals surface area (Å²) < 4.78 is 38.8. The molecule has 0 aromatic heterocycles. The summed E-state index contributed by atoms with van der Waals surface area (Å²) in [7, 11) is 1.94. The lowest BCUT2D eigenvalue weighted by molar-refractivity contribution is -0.137. The second-order valence-corrected chi connectivity index (χ2v) is 6.96. The average molecular weight is 338 g/mol. The molecule has 0 unspecified atom stereocenters. The number of carbonyl (C=O) groups excluding carboxylic acids is 2. The predicted octanol–water partition coefficient (Wildman–Crippen LogP) is 2.54. The number of hydrogen-bond acceptors (Lipinski definition) is 3. The highest BCUT2D eigenvalue weighted by Crippen LogP contribution is 2.49. The Hall–Kier alpha value is -1.89. The van der Waals surface area contributed by atoms with E-state index in [-0.39, 0.29) is 35.4 Å². The predicted molar refractivity (Wildman–Crippen MR) is 80.1 cm³/mol. The third kappa shape index (κ3) is 2.10. The monoisotopic (exact) mass is 338 g/mol. The Kier molecular flexibility index (Phi) is 3.29. The van der Waals surface area contributed by atoms with Gasteiger partial charge in [0, 0.05) is 12.6 Å². The molecule has 0 spiro atoms. The standard InChI is InChI=1S/C17H17F3N2O2/c1-21-8-9-5-6-12(21)14-13(9)15(23)22(16(14)24)11-4-2-3-10(7-11)17(18,19)20/h2-4,7,9,12-14H,5-6,8H2,1H3/t9-,12-,13-,14+/m0/s1. The van der Waals surface area contributed by atoms with E-state index >= 15 is 0 Å². The van der Waals surface area contributed by atoms with Crippen LogP contribution in [0.4, 0.5) is 18.9 Å². The summed E-state index contributed by atoms with van der Waals surface area (Å²) in [5, 5.41) is 0. The highest BCUT2D eigenvalue weighted by Gasteiger charge is 2.60. The number of rotatable bonds is 1. The van der Waals surface area contributed by atoms with E-state index in [4.69, 9.17) is 0 Å². The maximum Gasteiger partial charge on any atom is 0.416 e. The highest BCUT2D eigenvalue weighted by atomic mass is 19.4. The van der Waals surface area contributed by atoms with Crippen molar-refractivity contribution < 1.29 is 22.8 Å². The van der Waals surface area contributed by atoms with E-state index in [2.05, 4.69) is 4.90 Å². The normalized spacial score (nSPS) is 33.2. The first kappa shape index (κ1) is 15.6. The summed E-state index contributed by atoms with van der Waals surface area (Å²) in [6.07, 6.45) is -2.75. The van der Waals surface area contributed by atoms with E-state index in [0.717, 1.165) is 36.4 Å². The quantitative estimate of drug-likeness (QED) is 0.739. The summed E-state index contributed by atoms with van der Waals surface area (Å²) in [5.74, 6) is -1.40. The van der Waals surface area contributed by atoms with Crippen molar-refractivity contribution in [1.82, 2.24) is 4.90 Å². The van der Waals surface area contributed by atoms with Crippen molar-refractivity contribution in [1.29, 1.82) is 0 Å². The fourth-order valence-electron chi connectivity index (χ4n) is 4.64. The van der Waals surface area contributed by atoms with Gasteiger partial charge in [0.1, 0.15) is 0 Å². The van der Waals surface area contributed by atoms with Crippen LogP contribution in [0, 0.1) is 17.8 Å². The van der Waals surface area contributed by atoms with Crippen molar-refractivity contribution >= 4 is 17.5 Å². The van der Waals surface area contributed by atoms with Crippen LogP contribution in [0.15, 0.2) is 24.3 Å². The van der Waals surface area contributed by atoms with E-state index < -0.39 is 17.7 Å². The number of alkyl halides is 3. The number of hydrogen-bond donors (Lipinski definition) is 0. The molecule has 5 rings (SSSR count). The molecular formula is C17H17F3N2O2. The van der Waals surface area contributed by atoms with E-state index in [1.807, 2.05) is 7.05 Å². The van der Waals surface area contributed by atoms with E-state index in [1.165, 1.54) is 12.1 Å². The summed E-state index contributed by atoms with van der Waals surface area (Å²) >= 11 is 0. The van der Waals surface area contributed by atoms with Crippen LogP contribution in [0.1, 0.15) is 18.4 Å². The summed E-state index contributed by atoms with van der Waals surface area (Å²) in [6, 6.07) is 4.47. The topological polar surface area (TPSA) is 40.6 Å². The van der Waals surface area contributed by atoms with Crippen LogP contribution < -0.4 is 4.90 Å². The van der Waals surface area contributed by atoms with Crippen LogP contribution in [0.3, 0.4) is 0 Å². The number of anilines is 1. The van der Waals surface area contributed by atoms with Crippen LogP contribution in [0.25, 0.3) is 0 Å². The van der Waals surface area contributed by atoms with Gasteiger partial charge in [0.05, 0.1) is 23.1 Å². The smallest absolute Gasteiger partial charge is 0.302 e. The third-order valence-electron chi connectivity index (χ3n) is 5.67.